The van der Waals surface area contributed by atoms with E-state index in [4.69, 9.17) is 4.74 Å². The van der Waals surface area contributed by atoms with Gasteiger partial charge in [-0.05, 0) is 85.8 Å². The molecule has 0 spiro atoms. The van der Waals surface area contributed by atoms with Crippen LogP contribution in [0.3, 0.4) is 0 Å². The first kappa shape index (κ1) is 23.0. The van der Waals surface area contributed by atoms with Crippen LogP contribution in [0, 0.1) is 0 Å². The van der Waals surface area contributed by atoms with Gasteiger partial charge in [-0.15, -0.1) is 0 Å². The van der Waals surface area contributed by atoms with Gasteiger partial charge in [-0.25, -0.2) is 0 Å². The number of allylic oxidation sites excluding steroid dienone is 1. The lowest BCUT2D eigenvalue weighted by Crippen LogP contribution is -2.00. The van der Waals surface area contributed by atoms with Gasteiger partial charge in [0, 0.05) is 6.61 Å². The Morgan fingerprint density at radius 2 is 1.19 bits per heavy atom. The molecule has 0 N–H and O–H groups in total. The zero-order valence-corrected chi connectivity index (χ0v) is 19.1. The molecule has 3 aromatic carbocycles. The summed E-state index contributed by atoms with van der Waals surface area (Å²) in [5, 5.41) is 0. The van der Waals surface area contributed by atoms with Gasteiger partial charge in [-0.3, -0.25) is 0 Å². The molecule has 3 rings (SSSR count). The molecule has 1 nitrogen and oxygen atoms in total. The molecule has 0 unspecified atom stereocenters. The average Bonchev–Trinajstić information content (AvgIpc) is 2.81. The summed E-state index contributed by atoms with van der Waals surface area (Å²) in [5.41, 5.74) is 8.30. The summed E-state index contributed by atoms with van der Waals surface area (Å²) in [6, 6.07) is 26.8. The fourth-order valence-corrected chi connectivity index (χ4v) is 3.95. The maximum absolute atomic E-state index is 5.62. The number of aryl methyl sites for hydroxylation is 4. The molecule has 0 saturated carbocycles. The maximum atomic E-state index is 5.62. The average molecular weight is 413 g/mol. The lowest BCUT2D eigenvalue weighted by Gasteiger charge is -2.10. The molecule has 31 heavy (non-hydrogen) atoms. The molecule has 0 amide bonds. The second-order valence-electron chi connectivity index (χ2n) is 8.17. The Balaban J connectivity index is 1.41. The topological polar surface area (TPSA) is 9.23 Å². The second-order valence-corrected chi connectivity index (χ2v) is 8.17. The van der Waals surface area contributed by atoms with Crippen LogP contribution in [0.2, 0.25) is 0 Å². The molecule has 0 atom stereocenters. The van der Waals surface area contributed by atoms with Crippen molar-refractivity contribution in [3.8, 4) is 0 Å². The third-order valence-corrected chi connectivity index (χ3v) is 5.81. The predicted molar refractivity (Wildman–Crippen MR) is 133 cm³/mol. The van der Waals surface area contributed by atoms with Gasteiger partial charge in [-0.1, -0.05) is 84.9 Å². The van der Waals surface area contributed by atoms with E-state index in [-0.39, 0.29) is 0 Å². The Kier molecular flexibility index (Phi) is 9.60. The van der Waals surface area contributed by atoms with E-state index >= 15 is 0 Å². The van der Waals surface area contributed by atoms with Crippen LogP contribution in [-0.2, 0) is 37.0 Å². The fraction of sp³-hybridized carbons (Fsp3) is 0.333. The zero-order chi connectivity index (χ0) is 21.7. The minimum absolute atomic E-state index is 0.714. The first-order valence-corrected chi connectivity index (χ1v) is 11.7. The van der Waals surface area contributed by atoms with Crippen LogP contribution >= 0.6 is 0 Å². The minimum atomic E-state index is 0.714. The summed E-state index contributed by atoms with van der Waals surface area (Å²) >= 11 is 0. The van der Waals surface area contributed by atoms with Crippen LogP contribution in [0.1, 0.15) is 60.1 Å². The van der Waals surface area contributed by atoms with Gasteiger partial charge in [0.15, 0.2) is 0 Å². The molecule has 162 valence electrons. The molecule has 0 aromatic heterocycles. The van der Waals surface area contributed by atoms with E-state index in [1.54, 1.807) is 0 Å². The highest BCUT2D eigenvalue weighted by molar-refractivity contribution is 5.49. The number of unbranched alkanes of at least 4 members (excludes halogenated alkanes) is 1. The van der Waals surface area contributed by atoms with Crippen molar-refractivity contribution in [2.45, 2.75) is 59.0 Å². The number of ether oxygens (including phenoxy) is 1. The van der Waals surface area contributed by atoms with Crippen molar-refractivity contribution in [3.05, 3.63) is 112 Å². The van der Waals surface area contributed by atoms with Crippen molar-refractivity contribution in [2.75, 3.05) is 6.61 Å². The van der Waals surface area contributed by atoms with E-state index in [1.807, 2.05) is 6.92 Å². The first-order valence-electron chi connectivity index (χ1n) is 11.7. The first-order chi connectivity index (χ1) is 15.3. The zero-order valence-electron chi connectivity index (χ0n) is 19.1. The second kappa shape index (κ2) is 12.9. The predicted octanol–water partition coefficient (Wildman–Crippen LogP) is 7.61. The van der Waals surface area contributed by atoms with Gasteiger partial charge in [-0.2, -0.15) is 0 Å². The molecule has 0 fully saturated rings. The fourth-order valence-electron chi connectivity index (χ4n) is 3.95. The van der Waals surface area contributed by atoms with Crippen LogP contribution in [0.15, 0.2) is 78.9 Å². The lowest BCUT2D eigenvalue weighted by atomic mass is 9.98. The largest absolute Gasteiger partial charge is 0.377 e. The summed E-state index contributed by atoms with van der Waals surface area (Å²) in [5.74, 6) is 0. The Morgan fingerprint density at radius 1 is 0.645 bits per heavy atom. The van der Waals surface area contributed by atoms with Crippen LogP contribution in [-0.4, -0.2) is 6.61 Å². The highest BCUT2D eigenvalue weighted by Gasteiger charge is 2.03. The van der Waals surface area contributed by atoms with Crippen molar-refractivity contribution in [1.82, 2.24) is 0 Å². The highest BCUT2D eigenvalue weighted by Crippen LogP contribution is 2.16. The molecule has 0 radical (unpaired) electrons. The van der Waals surface area contributed by atoms with Crippen LogP contribution in [0.5, 0.6) is 0 Å². The number of hydrogen-bond acceptors (Lipinski definition) is 1. The normalized spacial score (nSPS) is 11.3. The van der Waals surface area contributed by atoms with Gasteiger partial charge in [0.05, 0.1) is 6.61 Å². The number of hydrogen-bond donors (Lipinski definition) is 0. The Labute approximate surface area is 188 Å². The summed E-state index contributed by atoms with van der Waals surface area (Å²) in [6.45, 7) is 5.58. The van der Waals surface area contributed by atoms with Gasteiger partial charge in [0.2, 0.25) is 0 Å². The quantitative estimate of drug-likeness (QED) is 0.278. The minimum Gasteiger partial charge on any atom is -0.377 e. The van der Waals surface area contributed by atoms with Gasteiger partial charge in [0.1, 0.15) is 0 Å². The molecule has 3 aromatic rings. The van der Waals surface area contributed by atoms with E-state index in [0.29, 0.717) is 6.61 Å². The third-order valence-electron chi connectivity index (χ3n) is 5.81. The van der Waals surface area contributed by atoms with Crippen molar-refractivity contribution in [1.29, 1.82) is 0 Å². The Bertz CT molecular complexity index is 919. The van der Waals surface area contributed by atoms with Gasteiger partial charge >= 0.3 is 0 Å². The molecule has 0 aliphatic heterocycles. The Morgan fingerprint density at radius 3 is 1.77 bits per heavy atom. The molecule has 0 saturated heterocycles. The summed E-state index contributed by atoms with van der Waals surface area (Å²) < 4.78 is 5.62. The Hall–Kier alpha value is -2.64. The van der Waals surface area contributed by atoms with E-state index in [1.165, 1.54) is 46.2 Å². The van der Waals surface area contributed by atoms with Gasteiger partial charge < -0.3 is 4.74 Å². The molecular formula is C30H36O. The smallest absolute Gasteiger partial charge is 0.0719 e. The summed E-state index contributed by atoms with van der Waals surface area (Å²) in [4.78, 5) is 0. The molecule has 1 heteroatoms. The van der Waals surface area contributed by atoms with E-state index in [2.05, 4.69) is 91.9 Å². The van der Waals surface area contributed by atoms with Gasteiger partial charge in [0.25, 0.3) is 0 Å². The molecule has 0 aliphatic rings. The molecule has 0 bridgehead atoms. The van der Waals surface area contributed by atoms with E-state index < -0.39 is 0 Å². The lowest BCUT2D eigenvalue weighted by molar-refractivity contribution is 0.133. The van der Waals surface area contributed by atoms with Crippen LogP contribution in [0.25, 0.3) is 6.08 Å². The summed E-state index contributed by atoms with van der Waals surface area (Å²) in [6.07, 6.45) is 11.2. The molecule has 0 aliphatic carbocycles. The molecular weight excluding hydrogens is 376 g/mol. The van der Waals surface area contributed by atoms with E-state index in [9.17, 15) is 0 Å². The van der Waals surface area contributed by atoms with E-state index in [0.717, 1.165) is 32.3 Å². The number of benzene rings is 3. The SMILES string of the molecule is CC=Cc1ccc(CCCCc2ccc(CCc3ccccc3COCC)cc2)cc1. The van der Waals surface area contributed by atoms with Crippen LogP contribution in [0.4, 0.5) is 0 Å². The number of rotatable bonds is 12. The maximum Gasteiger partial charge on any atom is 0.0719 e. The van der Waals surface area contributed by atoms with Crippen molar-refractivity contribution in [2.24, 2.45) is 0 Å². The standard InChI is InChI=1S/C30H36O/c1-3-9-25-14-16-26(17-15-25)10-5-6-11-27-18-20-28(21-19-27)22-23-29-12-7-8-13-30(29)24-31-4-2/h3,7-9,12-21H,4-6,10-11,22-24H2,1-2H3. The van der Waals surface area contributed by atoms with Crippen molar-refractivity contribution < 1.29 is 4.74 Å². The van der Waals surface area contributed by atoms with Crippen molar-refractivity contribution in [3.63, 3.8) is 0 Å². The van der Waals surface area contributed by atoms with Crippen molar-refractivity contribution >= 4 is 6.08 Å². The third kappa shape index (κ3) is 7.84. The monoisotopic (exact) mass is 412 g/mol. The van der Waals surface area contributed by atoms with Crippen LogP contribution < -0.4 is 0 Å². The summed E-state index contributed by atoms with van der Waals surface area (Å²) in [7, 11) is 0. The molecule has 0 heterocycles. The highest BCUT2D eigenvalue weighted by atomic mass is 16.5.